The highest BCUT2D eigenvalue weighted by Gasteiger charge is 2.17. The molecule has 0 amide bonds. The van der Waals surface area contributed by atoms with Gasteiger partial charge in [0.05, 0.1) is 0 Å². The standard InChI is InChI=1S/C20H29FN4O/c1-16(22-3)9-10-23-17(2)24-19-7-6-8-20(13-19)26-15-18(21)14-25-11-4-5-12-25/h6-10,13,18,22H,1,4-5,11-12,14-15H2,2-3H3,(H,23,24)/b10-9-. The average molecular weight is 360 g/mol. The summed E-state index contributed by atoms with van der Waals surface area (Å²) in [6, 6.07) is 7.46. The number of rotatable bonds is 9. The fourth-order valence-corrected chi connectivity index (χ4v) is 2.71. The molecular weight excluding hydrogens is 331 g/mol. The first-order valence-corrected chi connectivity index (χ1v) is 9.00. The van der Waals surface area contributed by atoms with Crippen molar-refractivity contribution in [3.05, 3.63) is 48.8 Å². The smallest absolute Gasteiger partial charge is 0.147 e. The second-order valence-electron chi connectivity index (χ2n) is 6.37. The zero-order chi connectivity index (χ0) is 18.8. The highest BCUT2D eigenvalue weighted by molar-refractivity contribution is 5.94. The molecule has 2 rings (SSSR count). The molecule has 1 aromatic carbocycles. The lowest BCUT2D eigenvalue weighted by molar-refractivity contribution is 0.150. The summed E-state index contributed by atoms with van der Waals surface area (Å²) in [5.74, 6) is 1.38. The number of anilines is 1. The van der Waals surface area contributed by atoms with E-state index in [9.17, 15) is 4.39 Å². The molecule has 1 aliphatic rings. The van der Waals surface area contributed by atoms with Gasteiger partial charge in [0.2, 0.25) is 0 Å². The second-order valence-corrected chi connectivity index (χ2v) is 6.37. The summed E-state index contributed by atoms with van der Waals surface area (Å²) in [6.07, 6.45) is 4.82. The number of amidine groups is 1. The summed E-state index contributed by atoms with van der Waals surface area (Å²) in [4.78, 5) is 6.44. The molecule has 142 valence electrons. The van der Waals surface area contributed by atoms with Crippen molar-refractivity contribution < 1.29 is 9.13 Å². The van der Waals surface area contributed by atoms with Gasteiger partial charge in [0, 0.05) is 37.2 Å². The average Bonchev–Trinajstić information content (AvgIpc) is 3.13. The van der Waals surface area contributed by atoms with Gasteiger partial charge in [0.25, 0.3) is 0 Å². The first kappa shape index (κ1) is 20.0. The third-order valence-corrected chi connectivity index (χ3v) is 4.11. The largest absolute Gasteiger partial charge is 0.490 e. The molecule has 1 unspecified atom stereocenters. The van der Waals surface area contributed by atoms with E-state index in [1.807, 2.05) is 31.2 Å². The molecule has 2 N–H and O–H groups in total. The van der Waals surface area contributed by atoms with Gasteiger partial charge in [0.1, 0.15) is 24.4 Å². The molecule has 0 saturated carbocycles. The Balaban J connectivity index is 1.81. The molecule has 5 nitrogen and oxygen atoms in total. The molecule has 1 fully saturated rings. The Hall–Kier alpha value is -2.34. The minimum atomic E-state index is -0.974. The van der Waals surface area contributed by atoms with Crippen molar-refractivity contribution in [3.8, 4) is 5.75 Å². The topological polar surface area (TPSA) is 48.9 Å². The van der Waals surface area contributed by atoms with Crippen LogP contribution in [0.15, 0.2) is 53.8 Å². The fraction of sp³-hybridized carbons (Fsp3) is 0.450. The summed E-state index contributed by atoms with van der Waals surface area (Å²) < 4.78 is 19.7. The highest BCUT2D eigenvalue weighted by atomic mass is 19.1. The molecule has 1 saturated heterocycles. The number of aliphatic imine (C=N–C) groups is 1. The van der Waals surface area contributed by atoms with Gasteiger partial charge >= 0.3 is 0 Å². The number of nitrogens with one attached hydrogen (secondary N) is 2. The predicted octanol–water partition coefficient (Wildman–Crippen LogP) is 3.58. The number of hydrogen-bond donors (Lipinski definition) is 2. The number of halogens is 1. The Morgan fingerprint density at radius 1 is 1.42 bits per heavy atom. The van der Waals surface area contributed by atoms with Crippen molar-refractivity contribution in [1.82, 2.24) is 10.2 Å². The van der Waals surface area contributed by atoms with E-state index in [4.69, 9.17) is 4.74 Å². The predicted molar refractivity (Wildman–Crippen MR) is 107 cm³/mol. The van der Waals surface area contributed by atoms with Crippen LogP contribution in [-0.2, 0) is 0 Å². The Kier molecular flexibility index (Phi) is 8.15. The van der Waals surface area contributed by atoms with Crippen LogP contribution in [0.5, 0.6) is 5.75 Å². The van der Waals surface area contributed by atoms with E-state index in [0.29, 0.717) is 12.3 Å². The maximum atomic E-state index is 14.1. The number of likely N-dealkylation sites (tertiary alicyclic amines) is 1. The molecular formula is C20H29FN4O. The lowest BCUT2D eigenvalue weighted by atomic mass is 10.3. The SMILES string of the molecule is C=C(/C=C\N=C(C)Nc1cccc(OCC(F)CN2CCCC2)c1)NC. The minimum Gasteiger partial charge on any atom is -0.490 e. The van der Waals surface area contributed by atoms with E-state index in [1.165, 1.54) is 12.8 Å². The fourth-order valence-electron chi connectivity index (χ4n) is 2.71. The number of hydrogen-bond acceptors (Lipinski definition) is 4. The van der Waals surface area contributed by atoms with Crippen molar-refractivity contribution in [2.24, 2.45) is 4.99 Å². The maximum Gasteiger partial charge on any atom is 0.147 e. The summed E-state index contributed by atoms with van der Waals surface area (Å²) >= 11 is 0. The van der Waals surface area contributed by atoms with Crippen LogP contribution in [-0.4, -0.2) is 50.2 Å². The van der Waals surface area contributed by atoms with Gasteiger partial charge < -0.3 is 20.3 Å². The number of alkyl halides is 1. The first-order valence-electron chi connectivity index (χ1n) is 9.00. The molecule has 0 bridgehead atoms. The van der Waals surface area contributed by atoms with Crippen molar-refractivity contribution in [2.45, 2.75) is 25.9 Å². The summed E-state index contributed by atoms with van der Waals surface area (Å²) in [5, 5.41) is 6.11. The summed E-state index contributed by atoms with van der Waals surface area (Å²) in [6.45, 7) is 8.18. The van der Waals surface area contributed by atoms with Crippen molar-refractivity contribution in [2.75, 3.05) is 38.6 Å². The molecule has 1 heterocycles. The van der Waals surface area contributed by atoms with Gasteiger partial charge in [-0.2, -0.15) is 0 Å². The van der Waals surface area contributed by atoms with E-state index in [1.54, 1.807) is 19.3 Å². The van der Waals surface area contributed by atoms with Crippen LogP contribution in [0.3, 0.4) is 0 Å². The molecule has 0 radical (unpaired) electrons. The van der Waals surface area contributed by atoms with Crippen LogP contribution in [0.1, 0.15) is 19.8 Å². The quantitative estimate of drug-likeness (QED) is 0.401. The number of benzene rings is 1. The molecule has 0 spiro atoms. The third-order valence-electron chi connectivity index (χ3n) is 4.11. The third kappa shape index (κ3) is 7.27. The van der Waals surface area contributed by atoms with Crippen LogP contribution in [0.2, 0.25) is 0 Å². The van der Waals surface area contributed by atoms with E-state index in [0.717, 1.165) is 30.3 Å². The van der Waals surface area contributed by atoms with E-state index >= 15 is 0 Å². The minimum absolute atomic E-state index is 0.0713. The monoisotopic (exact) mass is 360 g/mol. The summed E-state index contributed by atoms with van der Waals surface area (Å²) in [5.41, 5.74) is 1.63. The molecule has 6 heteroatoms. The molecule has 0 aromatic heterocycles. The Morgan fingerprint density at radius 2 is 2.19 bits per heavy atom. The molecule has 26 heavy (non-hydrogen) atoms. The van der Waals surface area contributed by atoms with Gasteiger partial charge in [-0.15, -0.1) is 0 Å². The van der Waals surface area contributed by atoms with Gasteiger partial charge in [0.15, 0.2) is 0 Å². The molecule has 0 aliphatic carbocycles. The Morgan fingerprint density at radius 3 is 2.92 bits per heavy atom. The molecule has 1 aromatic rings. The maximum absolute atomic E-state index is 14.1. The van der Waals surface area contributed by atoms with Gasteiger partial charge in [-0.1, -0.05) is 12.6 Å². The van der Waals surface area contributed by atoms with E-state index in [2.05, 4.69) is 27.1 Å². The normalized spacial score (nSPS) is 16.7. The summed E-state index contributed by atoms with van der Waals surface area (Å²) in [7, 11) is 1.81. The first-order chi connectivity index (χ1) is 12.6. The van der Waals surface area contributed by atoms with Crippen LogP contribution in [0.25, 0.3) is 0 Å². The Labute approximate surface area is 155 Å². The van der Waals surface area contributed by atoms with Crippen LogP contribution < -0.4 is 15.4 Å². The van der Waals surface area contributed by atoms with Crippen molar-refractivity contribution in [3.63, 3.8) is 0 Å². The van der Waals surface area contributed by atoms with Gasteiger partial charge in [-0.3, -0.25) is 0 Å². The van der Waals surface area contributed by atoms with Gasteiger partial charge in [-0.25, -0.2) is 9.38 Å². The number of likely N-dealkylation sites (N-methyl/N-ethyl adjacent to an activating group) is 1. The van der Waals surface area contributed by atoms with Gasteiger partial charge in [-0.05, 0) is 51.1 Å². The van der Waals surface area contributed by atoms with E-state index < -0.39 is 6.17 Å². The highest BCUT2D eigenvalue weighted by Crippen LogP contribution is 2.18. The van der Waals surface area contributed by atoms with E-state index in [-0.39, 0.29) is 6.61 Å². The van der Waals surface area contributed by atoms with Crippen molar-refractivity contribution in [1.29, 1.82) is 0 Å². The molecule has 1 atom stereocenters. The Bertz CT molecular complexity index is 638. The zero-order valence-corrected chi connectivity index (χ0v) is 15.7. The number of allylic oxidation sites excluding steroid dienone is 1. The molecule has 1 aliphatic heterocycles. The van der Waals surface area contributed by atoms with Crippen molar-refractivity contribution >= 4 is 11.5 Å². The second kappa shape index (κ2) is 10.6. The van der Waals surface area contributed by atoms with Crippen LogP contribution >= 0.6 is 0 Å². The lowest BCUT2D eigenvalue weighted by Crippen LogP contribution is -2.31. The zero-order valence-electron chi connectivity index (χ0n) is 15.7. The lowest BCUT2D eigenvalue weighted by Gasteiger charge is -2.18. The van der Waals surface area contributed by atoms with Crippen LogP contribution in [0.4, 0.5) is 10.1 Å². The van der Waals surface area contributed by atoms with Crippen LogP contribution in [0, 0.1) is 0 Å². The number of nitrogens with zero attached hydrogens (tertiary/aromatic N) is 2. The number of ether oxygens (including phenoxy) is 1.